The van der Waals surface area contributed by atoms with Crippen molar-refractivity contribution in [3.8, 4) is 11.3 Å². The third kappa shape index (κ3) is 5.10. The Balaban J connectivity index is 1.89. The van der Waals surface area contributed by atoms with Crippen molar-refractivity contribution < 1.29 is 8.78 Å². The van der Waals surface area contributed by atoms with Crippen molar-refractivity contribution in [2.45, 2.75) is 25.3 Å². The van der Waals surface area contributed by atoms with E-state index in [9.17, 15) is 8.78 Å². The van der Waals surface area contributed by atoms with E-state index < -0.39 is 5.82 Å². The van der Waals surface area contributed by atoms with Crippen LogP contribution < -0.4 is 10.6 Å². The first-order valence-corrected chi connectivity index (χ1v) is 10.3. The second kappa shape index (κ2) is 9.92. The molecule has 2 aromatic carbocycles. The first-order valence-electron chi connectivity index (χ1n) is 9.90. The van der Waals surface area contributed by atoms with E-state index in [-0.39, 0.29) is 11.9 Å². The zero-order valence-corrected chi connectivity index (χ0v) is 17.8. The zero-order chi connectivity index (χ0) is 21.7. The summed E-state index contributed by atoms with van der Waals surface area (Å²) in [7, 11) is 1.91. The van der Waals surface area contributed by atoms with Crippen molar-refractivity contribution >= 4 is 22.5 Å². The van der Waals surface area contributed by atoms with Crippen LogP contribution in [0.2, 0.25) is 5.02 Å². The van der Waals surface area contributed by atoms with E-state index in [1.165, 1.54) is 18.2 Å². The van der Waals surface area contributed by atoms with Crippen LogP contribution >= 0.6 is 11.6 Å². The largest absolute Gasteiger partial charge is 0.383 e. The minimum absolute atomic E-state index is 0.122. The number of hydrogen-bond donors (Lipinski definition) is 3. The summed E-state index contributed by atoms with van der Waals surface area (Å²) < 4.78 is 27.9. The molecule has 3 rings (SSSR count). The monoisotopic (exact) mass is 429 g/mol. The molecular weight excluding hydrogens is 404 g/mol. The van der Waals surface area contributed by atoms with Crippen LogP contribution in [0.25, 0.3) is 22.2 Å². The van der Waals surface area contributed by atoms with E-state index in [2.05, 4.69) is 28.8 Å². The number of halogens is 3. The molecule has 0 aliphatic rings. The molecule has 1 atom stereocenters. The van der Waals surface area contributed by atoms with Gasteiger partial charge in [-0.05, 0) is 80.4 Å². The minimum Gasteiger partial charge on any atom is -0.383 e. The summed E-state index contributed by atoms with van der Waals surface area (Å²) in [6, 6.07) is 9.32. The Morgan fingerprint density at radius 3 is 2.63 bits per heavy atom. The van der Waals surface area contributed by atoms with Gasteiger partial charge in [-0.3, -0.25) is 0 Å². The maximum Gasteiger partial charge on any atom is 0.148 e. The molecule has 30 heavy (non-hydrogen) atoms. The van der Waals surface area contributed by atoms with Crippen LogP contribution in [0.3, 0.4) is 0 Å². The molecule has 0 spiro atoms. The highest BCUT2D eigenvalue weighted by Crippen LogP contribution is 2.34. The Bertz CT molecular complexity index is 1040. The Morgan fingerprint density at radius 2 is 1.97 bits per heavy atom. The second-order valence-electron chi connectivity index (χ2n) is 7.28. The summed E-state index contributed by atoms with van der Waals surface area (Å²) in [5.41, 5.74) is 3.73. The molecule has 3 N–H and O–H groups in total. The number of aromatic nitrogens is 1. The molecule has 1 heterocycles. The number of benzene rings is 2. The van der Waals surface area contributed by atoms with Gasteiger partial charge in [-0.1, -0.05) is 24.3 Å². The number of aryl methyl sites for hydroxylation is 1. The highest BCUT2D eigenvalue weighted by Gasteiger charge is 2.17. The summed E-state index contributed by atoms with van der Waals surface area (Å²) in [6.07, 6.45) is 4.04. The predicted octanol–water partition coefficient (Wildman–Crippen LogP) is 5.97. The van der Waals surface area contributed by atoms with E-state index >= 15 is 0 Å². The smallest absolute Gasteiger partial charge is 0.148 e. The number of fused-ring (bicyclic) bond motifs is 1. The normalized spacial score (nSPS) is 12.1. The number of hydrogen-bond acceptors (Lipinski definition) is 2. The molecule has 0 bridgehead atoms. The molecule has 0 saturated heterocycles. The van der Waals surface area contributed by atoms with E-state index in [4.69, 9.17) is 11.6 Å². The van der Waals surface area contributed by atoms with Crippen LogP contribution in [-0.2, 0) is 6.42 Å². The van der Waals surface area contributed by atoms with Crippen molar-refractivity contribution in [3.05, 3.63) is 83.5 Å². The molecule has 3 aromatic rings. The van der Waals surface area contributed by atoms with Crippen molar-refractivity contribution in [2.24, 2.45) is 0 Å². The molecule has 0 saturated carbocycles. The zero-order valence-electron chi connectivity index (χ0n) is 17.0. The lowest BCUT2D eigenvalue weighted by Crippen LogP contribution is -2.29. The number of rotatable bonds is 10. The van der Waals surface area contributed by atoms with Gasteiger partial charge in [-0.15, -0.1) is 6.58 Å². The fraction of sp³-hybridized carbons (Fsp3) is 0.250. The molecule has 6 heteroatoms. The number of nitrogens with one attached hydrogen (secondary N) is 3. The van der Waals surface area contributed by atoms with Gasteiger partial charge in [0.15, 0.2) is 0 Å². The van der Waals surface area contributed by atoms with E-state index in [0.29, 0.717) is 23.4 Å². The molecule has 0 aliphatic carbocycles. The van der Waals surface area contributed by atoms with E-state index in [1.54, 1.807) is 18.2 Å². The highest BCUT2D eigenvalue weighted by molar-refractivity contribution is 6.31. The van der Waals surface area contributed by atoms with Gasteiger partial charge < -0.3 is 15.6 Å². The van der Waals surface area contributed by atoms with Gasteiger partial charge in [-0.25, -0.2) is 8.78 Å². The van der Waals surface area contributed by atoms with Gasteiger partial charge in [0.05, 0.1) is 5.52 Å². The molecule has 1 unspecified atom stereocenters. The molecular formula is C24H26ClF2N3. The molecule has 1 aromatic heterocycles. The van der Waals surface area contributed by atoms with Gasteiger partial charge in [0.2, 0.25) is 0 Å². The fourth-order valence-electron chi connectivity index (χ4n) is 3.56. The van der Waals surface area contributed by atoms with Gasteiger partial charge in [0.1, 0.15) is 11.6 Å². The van der Waals surface area contributed by atoms with Crippen molar-refractivity contribution in [1.29, 1.82) is 0 Å². The van der Waals surface area contributed by atoms with Crippen molar-refractivity contribution in [3.63, 3.8) is 0 Å². The summed E-state index contributed by atoms with van der Waals surface area (Å²) in [5.74, 6) is -0.733. The first-order chi connectivity index (χ1) is 14.4. The van der Waals surface area contributed by atoms with Crippen LogP contribution in [0.4, 0.5) is 8.78 Å². The van der Waals surface area contributed by atoms with Gasteiger partial charge in [-0.2, -0.15) is 0 Å². The number of aromatic amines is 1. The maximum atomic E-state index is 14.5. The Kier molecular flexibility index (Phi) is 7.29. The predicted molar refractivity (Wildman–Crippen MR) is 122 cm³/mol. The van der Waals surface area contributed by atoms with Crippen LogP contribution in [-0.4, -0.2) is 24.6 Å². The number of allylic oxidation sites excluding steroid dienone is 1. The summed E-state index contributed by atoms with van der Waals surface area (Å²) >= 11 is 6.12. The van der Waals surface area contributed by atoms with Gasteiger partial charge in [0.25, 0.3) is 0 Å². The van der Waals surface area contributed by atoms with Gasteiger partial charge >= 0.3 is 0 Å². The highest BCUT2D eigenvalue weighted by atomic mass is 35.5. The Morgan fingerprint density at radius 1 is 1.23 bits per heavy atom. The fourth-order valence-corrected chi connectivity index (χ4v) is 3.76. The van der Waals surface area contributed by atoms with Crippen molar-refractivity contribution in [2.75, 3.05) is 13.6 Å². The van der Waals surface area contributed by atoms with E-state index in [0.717, 1.165) is 40.9 Å². The molecule has 0 aliphatic heterocycles. The van der Waals surface area contributed by atoms with Crippen molar-refractivity contribution in [1.82, 2.24) is 15.6 Å². The average Bonchev–Trinajstić information content (AvgIpc) is 3.08. The maximum absolute atomic E-state index is 14.5. The average molecular weight is 430 g/mol. The van der Waals surface area contributed by atoms with Gasteiger partial charge in [0, 0.05) is 27.8 Å². The molecule has 158 valence electrons. The van der Waals surface area contributed by atoms with Crippen LogP contribution in [0.15, 0.2) is 61.3 Å². The van der Waals surface area contributed by atoms with Crippen LogP contribution in [0.1, 0.15) is 18.4 Å². The standard InChI is InChI=1S/C24H26ClF2N3/c1-4-19(11-12-28-3)29-15(2)5-10-20-21-13-17(25)14-22(27)24(21)30-23(20)16-6-8-18(26)9-7-16/h4,6-9,13-14,19,28-30H,1-2,5,10-12H2,3H3. The number of H-pyrrole nitrogens is 1. The summed E-state index contributed by atoms with van der Waals surface area (Å²) in [4.78, 5) is 3.17. The third-order valence-corrected chi connectivity index (χ3v) is 5.34. The minimum atomic E-state index is -0.414. The summed E-state index contributed by atoms with van der Waals surface area (Å²) in [5, 5.41) is 7.57. The second-order valence-corrected chi connectivity index (χ2v) is 7.71. The molecule has 0 amide bonds. The topological polar surface area (TPSA) is 39.8 Å². The lowest BCUT2D eigenvalue weighted by atomic mass is 10.00. The molecule has 0 fully saturated rings. The van der Waals surface area contributed by atoms with Crippen LogP contribution in [0.5, 0.6) is 0 Å². The third-order valence-electron chi connectivity index (χ3n) is 5.12. The summed E-state index contributed by atoms with van der Waals surface area (Å²) in [6.45, 7) is 8.88. The Hall–Kier alpha value is -2.63. The SMILES string of the molecule is C=CC(CCNC)NC(=C)CCc1c(-c2ccc(F)cc2)[nH]c2c(F)cc(Cl)cc12. The molecule has 0 radical (unpaired) electrons. The quantitative estimate of drug-likeness (QED) is 0.347. The van der Waals surface area contributed by atoms with Crippen LogP contribution in [0, 0.1) is 11.6 Å². The molecule has 3 nitrogen and oxygen atoms in total. The lowest BCUT2D eigenvalue weighted by Gasteiger charge is -2.18. The van der Waals surface area contributed by atoms with E-state index in [1.807, 2.05) is 13.1 Å². The first kappa shape index (κ1) is 22.1. The lowest BCUT2D eigenvalue weighted by molar-refractivity contribution is 0.580. The Labute approximate surface area is 180 Å².